The molecule has 5 rings (SSSR count). The fraction of sp³-hybridized carbons (Fsp3) is 0.333. The largest absolute Gasteiger partial charge is 0.495 e. The Labute approximate surface area is 237 Å². The Hall–Kier alpha value is -4.09. The first kappa shape index (κ1) is 28.4. The number of nitrogens with zero attached hydrogens (tertiary/aromatic N) is 4. The number of halogens is 3. The molecule has 2 aliphatic rings. The van der Waals surface area contributed by atoms with Crippen molar-refractivity contribution < 1.29 is 22.7 Å². The fourth-order valence-electron chi connectivity index (χ4n) is 5.22. The lowest BCUT2D eigenvalue weighted by atomic mass is 9.99. The number of carbonyl (C=O) groups is 1. The maximum atomic E-state index is 13.9. The minimum absolute atomic E-state index is 0.121. The molecule has 11 heteroatoms. The van der Waals surface area contributed by atoms with Crippen LogP contribution >= 0.6 is 0 Å². The molecule has 3 aromatic rings. The summed E-state index contributed by atoms with van der Waals surface area (Å²) in [5.74, 6) is 0.127. The molecule has 0 atom stereocenters. The molecule has 0 spiro atoms. The van der Waals surface area contributed by atoms with Crippen LogP contribution in [0.25, 0.3) is 5.70 Å². The Morgan fingerprint density at radius 1 is 1.10 bits per heavy atom. The minimum Gasteiger partial charge on any atom is -0.495 e. The molecule has 2 aromatic carbocycles. The monoisotopic (exact) mass is 566 g/mol. The molecule has 2 aliphatic heterocycles. The smallest absolute Gasteiger partial charge is 0.416 e. The van der Waals surface area contributed by atoms with Gasteiger partial charge in [0.25, 0.3) is 5.91 Å². The Bertz CT molecular complexity index is 1480. The van der Waals surface area contributed by atoms with E-state index >= 15 is 0 Å². The van der Waals surface area contributed by atoms with Gasteiger partial charge in [-0.15, -0.1) is 5.53 Å². The molecule has 1 fully saturated rings. The summed E-state index contributed by atoms with van der Waals surface area (Å²) in [5.41, 5.74) is 6.96. The van der Waals surface area contributed by atoms with Gasteiger partial charge in [0.15, 0.2) is 0 Å². The summed E-state index contributed by atoms with van der Waals surface area (Å²) < 4.78 is 47.1. The molecule has 1 saturated heterocycles. The number of carbonyl (C=O) groups excluding carboxylic acids is 1. The lowest BCUT2D eigenvalue weighted by Crippen LogP contribution is -2.38. The standard InChI is InChI=1S/C30H33F3N6O2/c1-19-7-8-21(13-27(19)39-18-28(37(3)36-39)22-12-25(41-4)16-34-15-22)29(40)35-24-11-23(17-38-9-5-6-10-38)20(2)26(14-24)30(31,32)33/h7-8,11-16,18,36H,5-6,9-10,17H2,1-4H3,(H,35,40). The highest BCUT2D eigenvalue weighted by Crippen LogP contribution is 2.36. The number of pyridine rings is 1. The van der Waals surface area contributed by atoms with E-state index in [1.807, 2.05) is 31.2 Å². The highest BCUT2D eigenvalue weighted by molar-refractivity contribution is 6.05. The second-order valence-electron chi connectivity index (χ2n) is 10.4. The van der Waals surface area contributed by atoms with Crippen molar-refractivity contribution in [2.45, 2.75) is 39.4 Å². The molecule has 0 saturated carbocycles. The number of likely N-dealkylation sites (tertiary alicyclic amines) is 1. The van der Waals surface area contributed by atoms with Crippen molar-refractivity contribution in [1.82, 2.24) is 20.4 Å². The summed E-state index contributed by atoms with van der Waals surface area (Å²) in [7, 11) is 3.43. The third-order valence-corrected chi connectivity index (χ3v) is 7.52. The summed E-state index contributed by atoms with van der Waals surface area (Å²) in [6.45, 7) is 5.54. The molecule has 0 radical (unpaired) electrons. The van der Waals surface area contributed by atoms with Crippen LogP contribution in [0.3, 0.4) is 0 Å². The molecule has 0 aliphatic carbocycles. The molecule has 41 heavy (non-hydrogen) atoms. The minimum atomic E-state index is -4.53. The first-order chi connectivity index (χ1) is 19.5. The van der Waals surface area contributed by atoms with Crippen LogP contribution in [0.4, 0.5) is 24.5 Å². The number of hydrazine groups is 2. The number of hydrogen-bond donors (Lipinski definition) is 2. The van der Waals surface area contributed by atoms with E-state index in [2.05, 4.69) is 20.7 Å². The van der Waals surface area contributed by atoms with Crippen molar-refractivity contribution in [2.75, 3.05) is 37.6 Å². The number of amides is 1. The number of aromatic nitrogens is 1. The lowest BCUT2D eigenvalue weighted by Gasteiger charge is -2.23. The number of aryl methyl sites for hydroxylation is 1. The van der Waals surface area contributed by atoms with E-state index in [1.54, 1.807) is 48.8 Å². The number of benzene rings is 2. The van der Waals surface area contributed by atoms with Crippen LogP contribution < -0.4 is 20.6 Å². The number of ether oxygens (including phenoxy) is 1. The summed E-state index contributed by atoms with van der Waals surface area (Å²) in [5, 5.41) is 6.31. The first-order valence-electron chi connectivity index (χ1n) is 13.4. The van der Waals surface area contributed by atoms with Crippen LogP contribution in [-0.2, 0) is 12.7 Å². The van der Waals surface area contributed by atoms with E-state index < -0.39 is 17.6 Å². The Morgan fingerprint density at radius 2 is 1.85 bits per heavy atom. The second-order valence-corrected chi connectivity index (χ2v) is 10.4. The average Bonchev–Trinajstić information content (AvgIpc) is 3.59. The van der Waals surface area contributed by atoms with Crippen LogP contribution in [0.2, 0.25) is 0 Å². The van der Waals surface area contributed by atoms with Crippen LogP contribution in [0.1, 0.15) is 51.0 Å². The van der Waals surface area contributed by atoms with Crippen molar-refractivity contribution in [1.29, 1.82) is 0 Å². The van der Waals surface area contributed by atoms with E-state index in [9.17, 15) is 18.0 Å². The second kappa shape index (κ2) is 11.4. The van der Waals surface area contributed by atoms with Gasteiger partial charge in [0.2, 0.25) is 0 Å². The van der Waals surface area contributed by atoms with E-state index in [0.717, 1.165) is 48.8 Å². The Morgan fingerprint density at radius 3 is 2.56 bits per heavy atom. The van der Waals surface area contributed by atoms with E-state index in [4.69, 9.17) is 4.74 Å². The number of rotatable bonds is 7. The van der Waals surface area contributed by atoms with Gasteiger partial charge in [-0.05, 0) is 86.8 Å². The van der Waals surface area contributed by atoms with Gasteiger partial charge < -0.3 is 10.1 Å². The average molecular weight is 567 g/mol. The van der Waals surface area contributed by atoms with Gasteiger partial charge in [-0.2, -0.15) is 13.2 Å². The van der Waals surface area contributed by atoms with E-state index in [1.165, 1.54) is 6.92 Å². The van der Waals surface area contributed by atoms with Crippen LogP contribution in [-0.4, -0.2) is 48.0 Å². The third kappa shape index (κ3) is 6.15. The number of hydrogen-bond acceptors (Lipinski definition) is 7. The molecule has 0 bridgehead atoms. The normalized spacial score (nSPS) is 15.8. The van der Waals surface area contributed by atoms with Crippen LogP contribution in [0.15, 0.2) is 55.0 Å². The van der Waals surface area contributed by atoms with Gasteiger partial charge in [0.05, 0.1) is 30.3 Å². The third-order valence-electron chi connectivity index (χ3n) is 7.52. The lowest BCUT2D eigenvalue weighted by molar-refractivity contribution is -0.138. The number of nitrogens with one attached hydrogen (secondary N) is 2. The van der Waals surface area contributed by atoms with Crippen molar-refractivity contribution in [3.8, 4) is 5.75 Å². The number of methoxy groups -OCH3 is 1. The zero-order valence-electron chi connectivity index (χ0n) is 23.5. The maximum absolute atomic E-state index is 13.9. The van der Waals surface area contributed by atoms with Crippen LogP contribution in [0.5, 0.6) is 5.75 Å². The molecule has 2 N–H and O–H groups in total. The molecular weight excluding hydrogens is 533 g/mol. The Kier molecular flexibility index (Phi) is 7.92. The zero-order valence-corrected chi connectivity index (χ0v) is 23.5. The molecule has 0 unspecified atom stereocenters. The highest BCUT2D eigenvalue weighted by atomic mass is 19.4. The topological polar surface area (TPSA) is 73.0 Å². The van der Waals surface area contributed by atoms with E-state index in [-0.39, 0.29) is 11.3 Å². The van der Waals surface area contributed by atoms with Gasteiger partial charge in [-0.1, -0.05) is 6.07 Å². The quantitative estimate of drug-likeness (QED) is 0.378. The van der Waals surface area contributed by atoms with Crippen molar-refractivity contribution in [2.24, 2.45) is 0 Å². The maximum Gasteiger partial charge on any atom is 0.416 e. The summed E-state index contributed by atoms with van der Waals surface area (Å²) in [6.07, 6.45) is 2.76. The molecule has 216 valence electrons. The number of anilines is 2. The first-order valence-corrected chi connectivity index (χ1v) is 13.4. The van der Waals surface area contributed by atoms with Crippen molar-refractivity contribution >= 4 is 23.0 Å². The molecule has 3 heterocycles. The fourth-order valence-corrected chi connectivity index (χ4v) is 5.22. The summed E-state index contributed by atoms with van der Waals surface area (Å²) in [4.78, 5) is 19.7. The number of alkyl halides is 3. The van der Waals surface area contributed by atoms with Crippen molar-refractivity contribution in [3.05, 3.63) is 88.4 Å². The molecule has 1 amide bonds. The summed E-state index contributed by atoms with van der Waals surface area (Å²) >= 11 is 0. The molecule has 1 aromatic heterocycles. The van der Waals surface area contributed by atoms with Gasteiger partial charge in [0, 0.05) is 42.8 Å². The Balaban J connectivity index is 1.41. The van der Waals surface area contributed by atoms with E-state index in [0.29, 0.717) is 29.1 Å². The predicted octanol–water partition coefficient (Wildman–Crippen LogP) is 5.74. The molecular formula is C30H33F3N6O2. The molecule has 8 nitrogen and oxygen atoms in total. The highest BCUT2D eigenvalue weighted by Gasteiger charge is 2.34. The summed E-state index contributed by atoms with van der Waals surface area (Å²) in [6, 6.07) is 9.72. The van der Waals surface area contributed by atoms with Gasteiger partial charge in [-0.3, -0.25) is 24.7 Å². The van der Waals surface area contributed by atoms with Gasteiger partial charge in [0.1, 0.15) is 5.75 Å². The SMILES string of the molecule is COc1cncc(C2=CN(c3cc(C(=O)Nc4cc(CN5CCCC5)c(C)c(C(F)(F)F)c4)ccc3C)NN2C)c1. The van der Waals surface area contributed by atoms with Crippen molar-refractivity contribution in [3.63, 3.8) is 0 Å². The zero-order chi connectivity index (χ0) is 29.3. The van der Waals surface area contributed by atoms with Gasteiger partial charge >= 0.3 is 6.18 Å². The predicted molar refractivity (Wildman–Crippen MR) is 152 cm³/mol. The van der Waals surface area contributed by atoms with Gasteiger partial charge in [-0.25, -0.2) is 0 Å². The van der Waals surface area contributed by atoms with Crippen LogP contribution in [0, 0.1) is 13.8 Å².